The molecule has 0 aliphatic rings. The molecule has 4 nitrogen and oxygen atoms in total. The third-order valence-electron chi connectivity index (χ3n) is 3.37. The van der Waals surface area contributed by atoms with Crippen molar-refractivity contribution in [3.05, 3.63) is 17.7 Å². The second-order valence-electron chi connectivity index (χ2n) is 6.32. The summed E-state index contributed by atoms with van der Waals surface area (Å²) in [6, 6.07) is 3.99. The zero-order chi connectivity index (χ0) is 16.0. The fraction of sp³-hybridized carbons (Fsp3) is 0.647. The summed E-state index contributed by atoms with van der Waals surface area (Å²) in [5.41, 5.74) is 1.25. The Morgan fingerprint density at radius 2 is 1.52 bits per heavy atom. The van der Waals surface area contributed by atoms with Crippen LogP contribution in [0.1, 0.15) is 45.7 Å². The van der Waals surface area contributed by atoms with E-state index in [9.17, 15) is 0 Å². The quantitative estimate of drug-likeness (QED) is 0.830. The van der Waals surface area contributed by atoms with Gasteiger partial charge in [-0.3, -0.25) is 0 Å². The van der Waals surface area contributed by atoms with Crippen molar-refractivity contribution in [2.24, 2.45) is 5.41 Å². The summed E-state index contributed by atoms with van der Waals surface area (Å²) in [7, 11) is 5.00. The van der Waals surface area contributed by atoms with Gasteiger partial charge < -0.3 is 19.5 Å². The molecule has 0 radical (unpaired) electrons. The Balaban J connectivity index is 3.33. The Morgan fingerprint density at radius 3 is 1.86 bits per heavy atom. The molecule has 1 aromatic carbocycles. The van der Waals surface area contributed by atoms with Crippen molar-refractivity contribution in [2.75, 3.05) is 27.9 Å². The normalized spacial score (nSPS) is 12.9. The van der Waals surface area contributed by atoms with E-state index in [0.717, 1.165) is 35.8 Å². The molecule has 4 heteroatoms. The van der Waals surface area contributed by atoms with Crippen molar-refractivity contribution in [1.29, 1.82) is 0 Å². The third-order valence-corrected chi connectivity index (χ3v) is 3.37. The Hall–Kier alpha value is -1.42. The summed E-state index contributed by atoms with van der Waals surface area (Å²) in [6.07, 6.45) is 0.986. The molecule has 1 unspecified atom stereocenters. The third kappa shape index (κ3) is 4.81. The fourth-order valence-electron chi connectivity index (χ4n) is 2.51. The molecule has 0 saturated carbocycles. The summed E-state index contributed by atoms with van der Waals surface area (Å²) in [5.74, 6) is 2.32. The van der Waals surface area contributed by atoms with Crippen LogP contribution in [-0.4, -0.2) is 27.9 Å². The maximum Gasteiger partial charge on any atom is 0.131 e. The molecule has 0 aromatic heterocycles. The first-order chi connectivity index (χ1) is 9.86. The molecule has 0 fully saturated rings. The second-order valence-corrected chi connectivity index (χ2v) is 6.32. The van der Waals surface area contributed by atoms with E-state index >= 15 is 0 Å². The van der Waals surface area contributed by atoms with Crippen LogP contribution in [0.25, 0.3) is 0 Å². The van der Waals surface area contributed by atoms with Crippen LogP contribution in [0.2, 0.25) is 0 Å². The van der Waals surface area contributed by atoms with Gasteiger partial charge in [0, 0.05) is 18.2 Å². The highest BCUT2D eigenvalue weighted by molar-refractivity contribution is 5.52. The Morgan fingerprint density at radius 1 is 1.00 bits per heavy atom. The topological polar surface area (TPSA) is 39.7 Å². The molecular formula is C17H29NO3. The average molecular weight is 295 g/mol. The van der Waals surface area contributed by atoms with Gasteiger partial charge in [-0.2, -0.15) is 0 Å². The Labute approximate surface area is 128 Å². The minimum Gasteiger partial charge on any atom is -0.496 e. The van der Waals surface area contributed by atoms with Gasteiger partial charge in [0.15, 0.2) is 0 Å². The van der Waals surface area contributed by atoms with Gasteiger partial charge in [0.2, 0.25) is 0 Å². The van der Waals surface area contributed by atoms with E-state index in [0.29, 0.717) is 0 Å². The first-order valence-corrected chi connectivity index (χ1v) is 7.39. The first-order valence-electron chi connectivity index (χ1n) is 7.39. The average Bonchev–Trinajstić information content (AvgIpc) is 2.43. The SMILES string of the molecule is CCNC(CC(C)(C)C)c1c(OC)cc(OC)cc1OC. The molecule has 1 aromatic rings. The van der Waals surface area contributed by atoms with Gasteiger partial charge in [-0.25, -0.2) is 0 Å². The van der Waals surface area contributed by atoms with Crippen molar-refractivity contribution < 1.29 is 14.2 Å². The zero-order valence-electron chi connectivity index (χ0n) is 14.4. The first kappa shape index (κ1) is 17.6. The minimum atomic E-state index is 0.172. The van der Waals surface area contributed by atoms with Crippen molar-refractivity contribution in [3.8, 4) is 17.2 Å². The number of ether oxygens (including phenoxy) is 3. The number of hydrogen-bond donors (Lipinski definition) is 1. The van der Waals surface area contributed by atoms with Crippen LogP contribution in [-0.2, 0) is 0 Å². The van der Waals surface area contributed by atoms with Gasteiger partial charge >= 0.3 is 0 Å². The predicted molar refractivity (Wildman–Crippen MR) is 86.6 cm³/mol. The number of rotatable bonds is 7. The van der Waals surface area contributed by atoms with Crippen molar-refractivity contribution in [3.63, 3.8) is 0 Å². The Kier molecular flexibility index (Phi) is 6.34. The van der Waals surface area contributed by atoms with Crippen molar-refractivity contribution >= 4 is 0 Å². The van der Waals surface area contributed by atoms with Crippen LogP contribution in [0.3, 0.4) is 0 Å². The van der Waals surface area contributed by atoms with Crippen molar-refractivity contribution in [1.82, 2.24) is 5.32 Å². The molecule has 1 atom stereocenters. The summed E-state index contributed by atoms with van der Waals surface area (Å²) in [4.78, 5) is 0. The van der Waals surface area contributed by atoms with Crippen LogP contribution >= 0.6 is 0 Å². The summed E-state index contributed by atoms with van der Waals surface area (Å²) >= 11 is 0. The highest BCUT2D eigenvalue weighted by Gasteiger charge is 2.26. The van der Waals surface area contributed by atoms with Crippen LogP contribution < -0.4 is 19.5 Å². The molecule has 0 spiro atoms. The van der Waals surface area contributed by atoms with Gasteiger partial charge in [0.1, 0.15) is 17.2 Å². The maximum absolute atomic E-state index is 5.57. The molecule has 0 aliphatic carbocycles. The summed E-state index contributed by atoms with van der Waals surface area (Å²) < 4.78 is 16.5. The molecule has 0 amide bonds. The monoisotopic (exact) mass is 295 g/mol. The van der Waals surface area contributed by atoms with Crippen LogP contribution in [0, 0.1) is 5.41 Å². The lowest BCUT2D eigenvalue weighted by Crippen LogP contribution is -2.26. The molecule has 120 valence electrons. The molecule has 1 N–H and O–H groups in total. The van der Waals surface area contributed by atoms with E-state index in [-0.39, 0.29) is 11.5 Å². The summed E-state index contributed by atoms with van der Waals surface area (Å²) in [6.45, 7) is 9.71. The minimum absolute atomic E-state index is 0.172. The Bertz CT molecular complexity index is 427. The van der Waals surface area contributed by atoms with Gasteiger partial charge in [-0.15, -0.1) is 0 Å². The largest absolute Gasteiger partial charge is 0.496 e. The van der Waals surface area contributed by atoms with E-state index in [1.165, 1.54) is 0 Å². The lowest BCUT2D eigenvalue weighted by molar-refractivity contribution is 0.296. The molecule has 0 heterocycles. The molecular weight excluding hydrogens is 266 g/mol. The highest BCUT2D eigenvalue weighted by atomic mass is 16.5. The predicted octanol–water partition coefficient (Wildman–Crippen LogP) is 3.80. The van der Waals surface area contributed by atoms with E-state index < -0.39 is 0 Å². The van der Waals surface area contributed by atoms with Gasteiger partial charge in [0.05, 0.1) is 26.9 Å². The van der Waals surface area contributed by atoms with E-state index in [1.54, 1.807) is 21.3 Å². The lowest BCUT2D eigenvalue weighted by atomic mass is 9.84. The van der Waals surface area contributed by atoms with Crippen molar-refractivity contribution in [2.45, 2.75) is 40.2 Å². The van der Waals surface area contributed by atoms with E-state index in [1.807, 2.05) is 12.1 Å². The number of hydrogen-bond acceptors (Lipinski definition) is 4. The molecule has 1 rings (SSSR count). The molecule has 21 heavy (non-hydrogen) atoms. The van der Waals surface area contributed by atoms with Crippen LogP contribution in [0.5, 0.6) is 17.2 Å². The molecule has 0 saturated heterocycles. The van der Waals surface area contributed by atoms with Gasteiger partial charge in [0.25, 0.3) is 0 Å². The smallest absolute Gasteiger partial charge is 0.131 e. The molecule has 0 aliphatic heterocycles. The zero-order valence-corrected chi connectivity index (χ0v) is 14.4. The molecule has 0 bridgehead atoms. The van der Waals surface area contributed by atoms with Gasteiger partial charge in [-0.1, -0.05) is 27.7 Å². The lowest BCUT2D eigenvalue weighted by Gasteiger charge is -2.29. The number of benzene rings is 1. The van der Waals surface area contributed by atoms with Gasteiger partial charge in [-0.05, 0) is 18.4 Å². The van der Waals surface area contributed by atoms with Crippen LogP contribution in [0.4, 0.5) is 0 Å². The number of methoxy groups -OCH3 is 3. The highest BCUT2D eigenvalue weighted by Crippen LogP contribution is 2.42. The summed E-state index contributed by atoms with van der Waals surface area (Å²) in [5, 5.41) is 3.54. The van der Waals surface area contributed by atoms with E-state index in [2.05, 4.69) is 33.0 Å². The fourth-order valence-corrected chi connectivity index (χ4v) is 2.51. The standard InChI is InChI=1S/C17H29NO3/c1-8-18-13(11-17(2,3)4)16-14(20-6)9-12(19-5)10-15(16)21-7/h9-10,13,18H,8,11H2,1-7H3. The number of nitrogens with one attached hydrogen (secondary N) is 1. The second kappa shape index (κ2) is 7.55. The maximum atomic E-state index is 5.57. The van der Waals surface area contributed by atoms with E-state index in [4.69, 9.17) is 14.2 Å². The van der Waals surface area contributed by atoms with Crippen LogP contribution in [0.15, 0.2) is 12.1 Å².